The zero-order valence-corrected chi connectivity index (χ0v) is 28.1. The van der Waals surface area contributed by atoms with Gasteiger partial charge in [-0.15, -0.1) is 0 Å². The fourth-order valence-corrected chi connectivity index (χ4v) is 6.62. The molecule has 1 aromatic heterocycles. The molecule has 0 aliphatic carbocycles. The number of aromatic nitrogens is 1. The third kappa shape index (κ3) is 8.87. The van der Waals surface area contributed by atoms with Crippen molar-refractivity contribution in [3.05, 3.63) is 168 Å². The minimum atomic E-state index is -4.41. The quantitative estimate of drug-likeness (QED) is 0.131. The summed E-state index contributed by atoms with van der Waals surface area (Å²) in [4.78, 5) is 24.5. The van der Waals surface area contributed by atoms with Crippen LogP contribution >= 0.6 is 0 Å². The summed E-state index contributed by atoms with van der Waals surface area (Å²) >= 11 is 0. The highest BCUT2D eigenvalue weighted by molar-refractivity contribution is 5.92. The number of alkyl halides is 3. The van der Waals surface area contributed by atoms with Gasteiger partial charge in [0.1, 0.15) is 0 Å². The number of carbonyl (C=O) groups is 1. The first kappa shape index (κ1) is 34.6. The van der Waals surface area contributed by atoms with Crippen molar-refractivity contribution in [2.24, 2.45) is 0 Å². The van der Waals surface area contributed by atoms with E-state index in [1.807, 2.05) is 60.5 Å². The second-order valence-corrected chi connectivity index (χ2v) is 12.8. The third-order valence-corrected chi connectivity index (χ3v) is 9.51. The van der Waals surface area contributed by atoms with Crippen molar-refractivity contribution >= 4 is 23.4 Å². The van der Waals surface area contributed by atoms with E-state index in [-0.39, 0.29) is 17.9 Å². The minimum Gasteiger partial charge on any atom is -0.345 e. The monoisotopic (exact) mass is 674 g/mol. The molecule has 0 bridgehead atoms. The van der Waals surface area contributed by atoms with Gasteiger partial charge in [-0.1, -0.05) is 84.9 Å². The van der Waals surface area contributed by atoms with E-state index in [0.29, 0.717) is 12.1 Å². The van der Waals surface area contributed by atoms with Gasteiger partial charge in [-0.05, 0) is 77.6 Å². The smallest absolute Gasteiger partial charge is 0.345 e. The van der Waals surface area contributed by atoms with Crippen molar-refractivity contribution in [2.45, 2.75) is 37.5 Å². The number of anilines is 2. The van der Waals surface area contributed by atoms with Crippen LogP contribution in [0.25, 0.3) is 6.08 Å². The van der Waals surface area contributed by atoms with Gasteiger partial charge in [0.15, 0.2) is 0 Å². The normalized spacial score (nSPS) is 14.3. The molecule has 8 heteroatoms. The molecule has 0 saturated carbocycles. The molecular formula is C42H41F3N4O. The summed E-state index contributed by atoms with van der Waals surface area (Å²) < 4.78 is 39.3. The summed E-state index contributed by atoms with van der Waals surface area (Å²) in [6.07, 6.45) is 3.84. The van der Waals surface area contributed by atoms with Crippen LogP contribution in [0.4, 0.5) is 24.5 Å². The molecule has 1 saturated heterocycles. The molecule has 1 fully saturated rings. The lowest BCUT2D eigenvalue weighted by Gasteiger charge is -2.39. The van der Waals surface area contributed by atoms with Crippen molar-refractivity contribution in [1.29, 1.82) is 0 Å². The van der Waals surface area contributed by atoms with Crippen LogP contribution in [0.2, 0.25) is 0 Å². The lowest BCUT2D eigenvalue weighted by Crippen LogP contribution is -2.47. The minimum absolute atomic E-state index is 0.0158. The van der Waals surface area contributed by atoms with Gasteiger partial charge in [0.2, 0.25) is 5.91 Å². The van der Waals surface area contributed by atoms with Crippen LogP contribution in [0.5, 0.6) is 0 Å². The Hall–Kier alpha value is -5.21. The second-order valence-electron chi connectivity index (χ2n) is 12.8. The van der Waals surface area contributed by atoms with Gasteiger partial charge >= 0.3 is 6.18 Å². The number of carbonyl (C=O) groups excluding carboxylic acids is 1. The predicted octanol–water partition coefficient (Wildman–Crippen LogP) is 9.21. The van der Waals surface area contributed by atoms with Crippen LogP contribution in [0.15, 0.2) is 140 Å². The van der Waals surface area contributed by atoms with Crippen molar-refractivity contribution in [1.82, 2.24) is 14.8 Å². The van der Waals surface area contributed by atoms with E-state index in [0.717, 1.165) is 61.5 Å². The maximum Gasteiger partial charge on any atom is 0.416 e. The van der Waals surface area contributed by atoms with Gasteiger partial charge in [-0.3, -0.25) is 9.78 Å². The Morgan fingerprint density at radius 3 is 1.92 bits per heavy atom. The van der Waals surface area contributed by atoms with Gasteiger partial charge < -0.3 is 14.7 Å². The Morgan fingerprint density at radius 1 is 0.800 bits per heavy atom. The molecule has 4 aromatic carbocycles. The first-order valence-corrected chi connectivity index (χ1v) is 17.0. The Kier molecular flexibility index (Phi) is 11.1. The van der Waals surface area contributed by atoms with Gasteiger partial charge in [0.25, 0.3) is 0 Å². The first-order chi connectivity index (χ1) is 24.2. The maximum atomic E-state index is 13.9. The Balaban J connectivity index is 1.18. The molecule has 1 aliphatic heterocycles. The number of hydrogen-bond acceptors (Lipinski definition) is 4. The summed E-state index contributed by atoms with van der Waals surface area (Å²) in [6, 6.07) is 38.2. The fourth-order valence-electron chi connectivity index (χ4n) is 6.62. The summed E-state index contributed by atoms with van der Waals surface area (Å²) in [5, 5.41) is 0. The number of pyridine rings is 1. The molecule has 0 radical (unpaired) electrons. The molecule has 0 atom stereocenters. The SMILES string of the molecule is CN(c1ccncc1)c1ccc(CN(C(=O)/C=C/c2ccc(C(F)(F)F)cc2)C2CCN(CC(c3ccccc3)c3ccccc3)CC2)cc1. The maximum absolute atomic E-state index is 13.9. The number of nitrogens with zero attached hydrogens (tertiary/aromatic N) is 4. The number of rotatable bonds is 11. The topological polar surface area (TPSA) is 39.7 Å². The average Bonchev–Trinajstić information content (AvgIpc) is 3.16. The van der Waals surface area contributed by atoms with E-state index < -0.39 is 11.7 Å². The summed E-state index contributed by atoms with van der Waals surface area (Å²) in [5.41, 5.74) is 5.43. The van der Waals surface area contributed by atoms with Crippen LogP contribution in [0.1, 0.15) is 46.6 Å². The van der Waals surface area contributed by atoms with Crippen LogP contribution in [-0.2, 0) is 17.5 Å². The second kappa shape index (κ2) is 16.0. The van der Waals surface area contributed by atoms with E-state index in [2.05, 4.69) is 63.3 Å². The molecule has 1 aliphatic rings. The third-order valence-electron chi connectivity index (χ3n) is 9.51. The average molecular weight is 675 g/mol. The lowest BCUT2D eigenvalue weighted by atomic mass is 9.90. The highest BCUT2D eigenvalue weighted by atomic mass is 19.4. The zero-order chi connectivity index (χ0) is 34.9. The molecule has 6 rings (SSSR count). The molecule has 2 heterocycles. The van der Waals surface area contributed by atoms with Crippen LogP contribution in [0, 0.1) is 0 Å². The highest BCUT2D eigenvalue weighted by Gasteiger charge is 2.31. The van der Waals surface area contributed by atoms with Gasteiger partial charge in [-0.25, -0.2) is 0 Å². The number of likely N-dealkylation sites (tertiary alicyclic amines) is 1. The Morgan fingerprint density at radius 2 is 1.36 bits per heavy atom. The molecule has 1 amide bonds. The molecular weight excluding hydrogens is 633 g/mol. The number of benzene rings is 4. The lowest BCUT2D eigenvalue weighted by molar-refractivity contribution is -0.137. The first-order valence-electron chi connectivity index (χ1n) is 17.0. The zero-order valence-electron chi connectivity index (χ0n) is 28.1. The van der Waals surface area contributed by atoms with Crippen molar-refractivity contribution < 1.29 is 18.0 Å². The van der Waals surface area contributed by atoms with Crippen molar-refractivity contribution in [2.75, 3.05) is 31.6 Å². The summed E-state index contributed by atoms with van der Waals surface area (Å²) in [5.74, 6) is 0.0786. The molecule has 5 aromatic rings. The van der Waals surface area contributed by atoms with Gasteiger partial charge in [0.05, 0.1) is 5.56 Å². The van der Waals surface area contributed by atoms with Crippen LogP contribution in [-0.4, -0.2) is 53.4 Å². The summed E-state index contributed by atoms with van der Waals surface area (Å²) in [7, 11) is 2.00. The molecule has 50 heavy (non-hydrogen) atoms. The number of hydrogen-bond donors (Lipinski definition) is 0. The Bertz CT molecular complexity index is 1780. The molecule has 0 N–H and O–H groups in total. The largest absolute Gasteiger partial charge is 0.416 e. The summed E-state index contributed by atoms with van der Waals surface area (Å²) in [6.45, 7) is 3.01. The molecule has 5 nitrogen and oxygen atoms in total. The van der Waals surface area contributed by atoms with E-state index in [4.69, 9.17) is 0 Å². The number of halogens is 3. The standard InChI is InChI=1S/C42H41F3N4O/c1-47(38-22-26-46-27-23-38)37-19-14-33(15-20-37)30-49(41(50)21-16-32-12-17-36(18-13-32)42(43,44)45)39-24-28-48(29-25-39)31-40(34-8-4-2-5-9-34)35-10-6-3-7-11-35/h2-23,26-27,39-40H,24-25,28-31H2,1H3/b21-16+. The van der Waals surface area contributed by atoms with Crippen LogP contribution in [0.3, 0.4) is 0 Å². The van der Waals surface area contributed by atoms with E-state index >= 15 is 0 Å². The predicted molar refractivity (Wildman–Crippen MR) is 194 cm³/mol. The molecule has 0 spiro atoms. The number of piperidine rings is 1. The van der Waals surface area contributed by atoms with Crippen molar-refractivity contribution in [3.63, 3.8) is 0 Å². The Labute approximate surface area is 292 Å². The van der Waals surface area contributed by atoms with E-state index in [1.54, 1.807) is 18.5 Å². The fraction of sp³-hybridized carbons (Fsp3) is 0.238. The molecule has 256 valence electrons. The van der Waals surface area contributed by atoms with Gasteiger partial charge in [-0.2, -0.15) is 13.2 Å². The van der Waals surface area contributed by atoms with E-state index in [9.17, 15) is 18.0 Å². The number of amides is 1. The highest BCUT2D eigenvalue weighted by Crippen LogP contribution is 2.31. The molecule has 0 unspecified atom stereocenters. The van der Waals surface area contributed by atoms with Gasteiger partial charge in [0, 0.05) is 75.0 Å². The van der Waals surface area contributed by atoms with E-state index in [1.165, 1.54) is 29.3 Å². The van der Waals surface area contributed by atoms with Crippen molar-refractivity contribution in [3.8, 4) is 0 Å². The van der Waals surface area contributed by atoms with Crippen LogP contribution < -0.4 is 4.90 Å².